The van der Waals surface area contributed by atoms with E-state index < -0.39 is 0 Å². The first-order valence-corrected chi connectivity index (χ1v) is 8.28. The SMILES string of the molecule is C=CCOc1cc(-c2ccc(C)cc2)ccc1C#Cc1ccccc1. The van der Waals surface area contributed by atoms with Gasteiger partial charge in [-0.2, -0.15) is 0 Å². The minimum absolute atomic E-state index is 0.456. The predicted molar refractivity (Wildman–Crippen MR) is 105 cm³/mol. The Bertz CT molecular complexity index is 910. The molecule has 0 spiro atoms. The molecular formula is C24H20O. The molecule has 3 rings (SSSR count). The summed E-state index contributed by atoms with van der Waals surface area (Å²) in [6, 6.07) is 24.6. The van der Waals surface area contributed by atoms with Gasteiger partial charge in [0.2, 0.25) is 0 Å². The van der Waals surface area contributed by atoms with Crippen molar-refractivity contribution >= 4 is 0 Å². The van der Waals surface area contributed by atoms with Gasteiger partial charge in [0.25, 0.3) is 0 Å². The lowest BCUT2D eigenvalue weighted by atomic mass is 10.0. The molecule has 0 amide bonds. The molecule has 25 heavy (non-hydrogen) atoms. The van der Waals surface area contributed by atoms with Crippen molar-refractivity contribution in [3.05, 3.63) is 102 Å². The topological polar surface area (TPSA) is 9.23 Å². The van der Waals surface area contributed by atoms with Gasteiger partial charge < -0.3 is 4.74 Å². The molecule has 122 valence electrons. The van der Waals surface area contributed by atoms with Crippen molar-refractivity contribution in [2.45, 2.75) is 6.92 Å². The Labute approximate surface area is 149 Å². The number of aryl methyl sites for hydroxylation is 1. The quantitative estimate of drug-likeness (QED) is 0.446. The molecule has 0 aliphatic heterocycles. The lowest BCUT2D eigenvalue weighted by Crippen LogP contribution is -1.96. The third-order valence-corrected chi connectivity index (χ3v) is 3.84. The number of benzene rings is 3. The summed E-state index contributed by atoms with van der Waals surface area (Å²) in [6.07, 6.45) is 1.74. The molecule has 0 radical (unpaired) electrons. The van der Waals surface area contributed by atoms with Crippen LogP contribution in [0.2, 0.25) is 0 Å². The van der Waals surface area contributed by atoms with Crippen molar-refractivity contribution < 1.29 is 4.74 Å². The summed E-state index contributed by atoms with van der Waals surface area (Å²) in [5.41, 5.74) is 5.39. The van der Waals surface area contributed by atoms with Crippen LogP contribution in [0.3, 0.4) is 0 Å². The monoisotopic (exact) mass is 324 g/mol. The number of hydrogen-bond donors (Lipinski definition) is 0. The third-order valence-electron chi connectivity index (χ3n) is 3.84. The molecule has 0 aliphatic carbocycles. The van der Waals surface area contributed by atoms with Crippen LogP contribution >= 0.6 is 0 Å². The van der Waals surface area contributed by atoms with Gasteiger partial charge >= 0.3 is 0 Å². The summed E-state index contributed by atoms with van der Waals surface area (Å²) < 4.78 is 5.84. The van der Waals surface area contributed by atoms with E-state index in [0.29, 0.717) is 6.61 Å². The van der Waals surface area contributed by atoms with Crippen LogP contribution in [-0.2, 0) is 0 Å². The second-order valence-electron chi connectivity index (χ2n) is 5.79. The van der Waals surface area contributed by atoms with Crippen LogP contribution in [0.15, 0.2) is 85.5 Å². The average Bonchev–Trinajstić information content (AvgIpc) is 2.66. The van der Waals surface area contributed by atoms with Crippen LogP contribution in [0.1, 0.15) is 16.7 Å². The van der Waals surface area contributed by atoms with Gasteiger partial charge in [-0.3, -0.25) is 0 Å². The first-order chi connectivity index (χ1) is 12.3. The number of ether oxygens (including phenoxy) is 1. The van der Waals surface area contributed by atoms with Gasteiger partial charge in [0.05, 0.1) is 5.56 Å². The Kier molecular flexibility index (Phi) is 5.34. The van der Waals surface area contributed by atoms with E-state index in [4.69, 9.17) is 4.74 Å². The molecule has 3 aromatic rings. The second kappa shape index (κ2) is 8.04. The van der Waals surface area contributed by atoms with Crippen LogP contribution in [-0.4, -0.2) is 6.61 Å². The first-order valence-electron chi connectivity index (χ1n) is 8.28. The molecule has 0 heterocycles. The summed E-state index contributed by atoms with van der Waals surface area (Å²) >= 11 is 0. The summed E-state index contributed by atoms with van der Waals surface area (Å²) in [7, 11) is 0. The molecule has 0 N–H and O–H groups in total. The Balaban J connectivity index is 1.96. The molecule has 0 unspecified atom stereocenters. The fourth-order valence-electron chi connectivity index (χ4n) is 2.48. The minimum atomic E-state index is 0.456. The summed E-state index contributed by atoms with van der Waals surface area (Å²) in [5, 5.41) is 0. The molecule has 3 aromatic carbocycles. The molecular weight excluding hydrogens is 304 g/mol. The van der Waals surface area contributed by atoms with Gasteiger partial charge in [-0.25, -0.2) is 0 Å². The third kappa shape index (κ3) is 4.40. The van der Waals surface area contributed by atoms with Crippen LogP contribution in [0.25, 0.3) is 11.1 Å². The zero-order valence-electron chi connectivity index (χ0n) is 14.3. The molecule has 0 bridgehead atoms. The number of hydrogen-bond acceptors (Lipinski definition) is 1. The summed E-state index contributed by atoms with van der Waals surface area (Å²) in [4.78, 5) is 0. The van der Waals surface area contributed by atoms with Crippen molar-refractivity contribution in [1.29, 1.82) is 0 Å². The van der Waals surface area contributed by atoms with Gasteiger partial charge in [-0.1, -0.05) is 78.6 Å². The lowest BCUT2D eigenvalue weighted by Gasteiger charge is -2.09. The molecule has 0 aliphatic rings. The molecule has 1 nitrogen and oxygen atoms in total. The lowest BCUT2D eigenvalue weighted by molar-refractivity contribution is 0.362. The van der Waals surface area contributed by atoms with Crippen LogP contribution in [0.4, 0.5) is 0 Å². The Morgan fingerprint density at radius 3 is 2.32 bits per heavy atom. The van der Waals surface area contributed by atoms with E-state index in [1.54, 1.807) is 6.08 Å². The maximum Gasteiger partial charge on any atom is 0.136 e. The molecule has 0 saturated heterocycles. The van der Waals surface area contributed by atoms with E-state index in [9.17, 15) is 0 Å². The maximum absolute atomic E-state index is 5.84. The average molecular weight is 324 g/mol. The Hall–Kier alpha value is -3.24. The standard InChI is InChI=1S/C24H20O/c1-3-17-25-24-18-23(21-12-9-19(2)10-13-21)16-15-22(24)14-11-20-7-5-4-6-8-20/h3-10,12-13,15-16,18H,1,17H2,2H3. The Morgan fingerprint density at radius 2 is 1.60 bits per heavy atom. The Morgan fingerprint density at radius 1 is 0.880 bits per heavy atom. The van der Waals surface area contributed by atoms with Crippen LogP contribution < -0.4 is 4.74 Å². The van der Waals surface area contributed by atoms with Crippen molar-refractivity contribution in [3.63, 3.8) is 0 Å². The van der Waals surface area contributed by atoms with E-state index in [0.717, 1.165) is 28.0 Å². The van der Waals surface area contributed by atoms with Gasteiger partial charge in [-0.05, 0) is 42.3 Å². The molecule has 0 fully saturated rings. The van der Waals surface area contributed by atoms with Crippen LogP contribution in [0.5, 0.6) is 5.75 Å². The highest BCUT2D eigenvalue weighted by molar-refractivity contribution is 5.68. The van der Waals surface area contributed by atoms with Crippen molar-refractivity contribution in [1.82, 2.24) is 0 Å². The molecule has 0 aromatic heterocycles. The highest BCUT2D eigenvalue weighted by Crippen LogP contribution is 2.27. The molecule has 1 heteroatoms. The van der Waals surface area contributed by atoms with E-state index in [1.165, 1.54) is 5.56 Å². The summed E-state index contributed by atoms with van der Waals surface area (Å²) in [6.45, 7) is 6.27. The maximum atomic E-state index is 5.84. The van der Waals surface area contributed by atoms with Gasteiger partial charge in [0, 0.05) is 5.56 Å². The van der Waals surface area contributed by atoms with Crippen molar-refractivity contribution in [3.8, 4) is 28.7 Å². The van der Waals surface area contributed by atoms with Gasteiger partial charge in [-0.15, -0.1) is 0 Å². The molecule has 0 saturated carbocycles. The molecule has 0 atom stereocenters. The number of rotatable bonds is 4. The normalized spacial score (nSPS) is 9.80. The zero-order valence-corrected chi connectivity index (χ0v) is 14.3. The van der Waals surface area contributed by atoms with Crippen molar-refractivity contribution in [2.24, 2.45) is 0 Å². The highest BCUT2D eigenvalue weighted by atomic mass is 16.5. The van der Waals surface area contributed by atoms with E-state index in [2.05, 4.69) is 55.7 Å². The van der Waals surface area contributed by atoms with Crippen molar-refractivity contribution in [2.75, 3.05) is 6.61 Å². The minimum Gasteiger partial charge on any atom is -0.488 e. The first kappa shape index (κ1) is 16.6. The fraction of sp³-hybridized carbons (Fsp3) is 0.0833. The largest absolute Gasteiger partial charge is 0.488 e. The smallest absolute Gasteiger partial charge is 0.136 e. The second-order valence-corrected chi connectivity index (χ2v) is 5.79. The summed E-state index contributed by atoms with van der Waals surface area (Å²) in [5.74, 6) is 7.18. The van der Waals surface area contributed by atoms with Crippen LogP contribution in [0, 0.1) is 18.8 Å². The fourth-order valence-corrected chi connectivity index (χ4v) is 2.48. The highest BCUT2D eigenvalue weighted by Gasteiger charge is 2.05. The van der Waals surface area contributed by atoms with Gasteiger partial charge in [0.15, 0.2) is 0 Å². The van der Waals surface area contributed by atoms with E-state index in [1.807, 2.05) is 42.5 Å². The van der Waals surface area contributed by atoms with Gasteiger partial charge in [0.1, 0.15) is 12.4 Å². The van der Waals surface area contributed by atoms with E-state index in [-0.39, 0.29) is 0 Å². The predicted octanol–water partition coefficient (Wildman–Crippen LogP) is 5.63. The zero-order chi connectivity index (χ0) is 17.5. The van der Waals surface area contributed by atoms with E-state index >= 15 is 0 Å².